The molecule has 2 N–H and O–H groups in total. The number of halogens is 1. The summed E-state index contributed by atoms with van der Waals surface area (Å²) < 4.78 is 13.7. The van der Waals surface area contributed by atoms with Gasteiger partial charge in [-0.25, -0.2) is 9.37 Å². The van der Waals surface area contributed by atoms with Gasteiger partial charge in [0.15, 0.2) is 0 Å². The Balaban J connectivity index is 1.90. The highest BCUT2D eigenvalue weighted by molar-refractivity contribution is 7.10. The lowest BCUT2D eigenvalue weighted by Gasteiger charge is -2.25. The van der Waals surface area contributed by atoms with Crippen molar-refractivity contribution in [2.24, 2.45) is 5.73 Å². The second kappa shape index (κ2) is 5.85. The zero-order valence-electron chi connectivity index (χ0n) is 12.4. The largest absolute Gasteiger partial charge is 0.319 e. The van der Waals surface area contributed by atoms with Gasteiger partial charge in [-0.3, -0.25) is 0 Å². The molecule has 1 heterocycles. The van der Waals surface area contributed by atoms with E-state index in [2.05, 4.69) is 0 Å². The van der Waals surface area contributed by atoms with Crippen LogP contribution in [-0.4, -0.2) is 4.98 Å². The lowest BCUT2D eigenvalue weighted by molar-refractivity contribution is 0.384. The molecule has 1 aromatic heterocycles. The van der Waals surface area contributed by atoms with Gasteiger partial charge in [0.1, 0.15) is 10.8 Å². The summed E-state index contributed by atoms with van der Waals surface area (Å²) in [5, 5.41) is 3.00. The lowest BCUT2D eigenvalue weighted by Crippen LogP contribution is -2.35. The van der Waals surface area contributed by atoms with Crippen molar-refractivity contribution in [3.63, 3.8) is 0 Å². The molecule has 112 valence electrons. The maximum Gasteiger partial charge on any atom is 0.126 e. The molecular weight excluding hydrogens is 283 g/mol. The van der Waals surface area contributed by atoms with E-state index in [1.54, 1.807) is 30.4 Å². The number of thiazole rings is 1. The molecule has 0 saturated heterocycles. The summed E-state index contributed by atoms with van der Waals surface area (Å²) >= 11 is 1.61. The SMILES string of the molecule is Cc1ccc(-c2csc(C3(N)CCCCCC3)n2)cc1F. The van der Waals surface area contributed by atoms with Crippen molar-refractivity contribution in [1.82, 2.24) is 4.98 Å². The van der Waals surface area contributed by atoms with Crippen molar-refractivity contribution < 1.29 is 4.39 Å². The summed E-state index contributed by atoms with van der Waals surface area (Å²) in [7, 11) is 0. The monoisotopic (exact) mass is 304 g/mol. The number of nitrogens with two attached hydrogens (primary N) is 1. The van der Waals surface area contributed by atoms with Crippen LogP contribution >= 0.6 is 11.3 Å². The average molecular weight is 304 g/mol. The van der Waals surface area contributed by atoms with Crippen LogP contribution < -0.4 is 5.73 Å². The first-order valence-corrected chi connectivity index (χ1v) is 8.48. The van der Waals surface area contributed by atoms with E-state index < -0.39 is 0 Å². The molecule has 1 aliphatic rings. The van der Waals surface area contributed by atoms with E-state index in [9.17, 15) is 4.39 Å². The zero-order chi connectivity index (χ0) is 14.9. The highest BCUT2D eigenvalue weighted by atomic mass is 32.1. The van der Waals surface area contributed by atoms with Gasteiger partial charge < -0.3 is 5.73 Å². The molecular formula is C17H21FN2S. The standard InChI is InChI=1S/C17H21FN2S/c1-12-6-7-13(10-14(12)18)15-11-21-16(20-15)17(19)8-4-2-3-5-9-17/h6-7,10-11H,2-5,8-9,19H2,1H3. The van der Waals surface area contributed by atoms with E-state index in [1.165, 1.54) is 25.7 Å². The molecule has 1 saturated carbocycles. The molecule has 0 bridgehead atoms. The van der Waals surface area contributed by atoms with Crippen molar-refractivity contribution in [2.45, 2.75) is 51.0 Å². The Hall–Kier alpha value is -1.26. The molecule has 3 rings (SSSR count). The summed E-state index contributed by atoms with van der Waals surface area (Å²) in [6, 6.07) is 5.28. The van der Waals surface area contributed by atoms with E-state index in [-0.39, 0.29) is 11.4 Å². The first-order chi connectivity index (χ1) is 10.1. The quantitative estimate of drug-likeness (QED) is 0.812. The van der Waals surface area contributed by atoms with E-state index >= 15 is 0 Å². The van der Waals surface area contributed by atoms with Crippen molar-refractivity contribution in [2.75, 3.05) is 0 Å². The van der Waals surface area contributed by atoms with Gasteiger partial charge in [-0.1, -0.05) is 37.8 Å². The topological polar surface area (TPSA) is 38.9 Å². The van der Waals surface area contributed by atoms with Crippen LogP contribution in [0.25, 0.3) is 11.3 Å². The number of aryl methyl sites for hydroxylation is 1. The fourth-order valence-corrected chi connectivity index (χ4v) is 3.96. The zero-order valence-corrected chi connectivity index (χ0v) is 13.2. The Morgan fingerprint density at radius 2 is 1.90 bits per heavy atom. The molecule has 1 fully saturated rings. The molecule has 1 aromatic carbocycles. The van der Waals surface area contributed by atoms with Crippen LogP contribution in [0.4, 0.5) is 4.39 Å². The van der Waals surface area contributed by atoms with E-state index in [4.69, 9.17) is 10.7 Å². The number of benzene rings is 1. The molecule has 0 spiro atoms. The van der Waals surface area contributed by atoms with Crippen LogP contribution in [0.1, 0.15) is 49.1 Å². The van der Waals surface area contributed by atoms with Crippen LogP contribution in [-0.2, 0) is 5.54 Å². The second-order valence-electron chi connectivity index (χ2n) is 6.07. The van der Waals surface area contributed by atoms with Crippen molar-refractivity contribution in [1.29, 1.82) is 0 Å². The van der Waals surface area contributed by atoms with Crippen LogP contribution in [0.5, 0.6) is 0 Å². The van der Waals surface area contributed by atoms with Gasteiger partial charge in [0.05, 0.1) is 11.2 Å². The minimum absolute atomic E-state index is 0.182. The predicted molar refractivity (Wildman–Crippen MR) is 85.8 cm³/mol. The Bertz CT molecular complexity index is 627. The van der Waals surface area contributed by atoms with Crippen molar-refractivity contribution in [3.8, 4) is 11.3 Å². The molecule has 21 heavy (non-hydrogen) atoms. The molecule has 0 radical (unpaired) electrons. The molecule has 2 nitrogen and oxygen atoms in total. The number of nitrogens with zero attached hydrogens (tertiary/aromatic N) is 1. The molecule has 0 amide bonds. The van der Waals surface area contributed by atoms with Crippen molar-refractivity contribution in [3.05, 3.63) is 40.0 Å². The predicted octanol–water partition coefficient (Wildman–Crippen LogP) is 4.77. The van der Waals surface area contributed by atoms with Gasteiger partial charge in [0.2, 0.25) is 0 Å². The number of rotatable bonds is 2. The van der Waals surface area contributed by atoms with Gasteiger partial charge in [0, 0.05) is 10.9 Å². The summed E-state index contributed by atoms with van der Waals surface area (Å²) in [4.78, 5) is 4.72. The van der Waals surface area contributed by atoms with Gasteiger partial charge in [-0.05, 0) is 31.4 Å². The Labute approximate surface area is 129 Å². The number of hydrogen-bond acceptors (Lipinski definition) is 3. The van der Waals surface area contributed by atoms with Gasteiger partial charge in [0.25, 0.3) is 0 Å². The lowest BCUT2D eigenvalue weighted by atomic mass is 9.92. The van der Waals surface area contributed by atoms with Gasteiger partial charge in [-0.2, -0.15) is 0 Å². The van der Waals surface area contributed by atoms with Crippen LogP contribution in [0, 0.1) is 12.7 Å². The van der Waals surface area contributed by atoms with Gasteiger partial charge in [-0.15, -0.1) is 11.3 Å². The Morgan fingerprint density at radius 3 is 2.57 bits per heavy atom. The minimum Gasteiger partial charge on any atom is -0.319 e. The molecule has 0 aliphatic heterocycles. The molecule has 0 unspecified atom stereocenters. The molecule has 1 aliphatic carbocycles. The Kier molecular flexibility index (Phi) is 4.09. The maximum absolute atomic E-state index is 13.7. The first-order valence-electron chi connectivity index (χ1n) is 7.60. The normalized spacial score (nSPS) is 18.4. The smallest absolute Gasteiger partial charge is 0.126 e. The second-order valence-corrected chi connectivity index (χ2v) is 6.93. The highest BCUT2D eigenvalue weighted by Crippen LogP contribution is 2.37. The van der Waals surface area contributed by atoms with E-state index in [0.717, 1.165) is 29.1 Å². The summed E-state index contributed by atoms with van der Waals surface area (Å²) in [6.07, 6.45) is 6.88. The third-order valence-electron chi connectivity index (χ3n) is 4.39. The first kappa shape index (κ1) is 14.7. The number of hydrogen-bond donors (Lipinski definition) is 1. The van der Waals surface area contributed by atoms with Gasteiger partial charge >= 0.3 is 0 Å². The Morgan fingerprint density at radius 1 is 1.19 bits per heavy atom. The summed E-state index contributed by atoms with van der Waals surface area (Å²) in [5.41, 5.74) is 8.64. The molecule has 4 heteroatoms. The van der Waals surface area contributed by atoms with Crippen LogP contribution in [0.2, 0.25) is 0 Å². The molecule has 0 atom stereocenters. The van der Waals surface area contributed by atoms with E-state index in [0.29, 0.717) is 5.56 Å². The van der Waals surface area contributed by atoms with E-state index in [1.807, 2.05) is 11.4 Å². The average Bonchev–Trinajstić information content (AvgIpc) is 2.86. The maximum atomic E-state index is 13.7. The van der Waals surface area contributed by atoms with Crippen LogP contribution in [0.15, 0.2) is 23.6 Å². The highest BCUT2D eigenvalue weighted by Gasteiger charge is 2.31. The number of aromatic nitrogens is 1. The summed E-state index contributed by atoms with van der Waals surface area (Å²) in [5.74, 6) is -0.182. The minimum atomic E-state index is -0.289. The van der Waals surface area contributed by atoms with Crippen molar-refractivity contribution >= 4 is 11.3 Å². The fourth-order valence-electron chi connectivity index (χ4n) is 2.96. The third-order valence-corrected chi connectivity index (χ3v) is 5.46. The molecule has 2 aromatic rings. The third kappa shape index (κ3) is 3.01. The fraction of sp³-hybridized carbons (Fsp3) is 0.471. The van der Waals surface area contributed by atoms with Crippen LogP contribution in [0.3, 0.4) is 0 Å². The summed E-state index contributed by atoms with van der Waals surface area (Å²) in [6.45, 7) is 1.77.